The number of thioether (sulfide) groups is 1. The van der Waals surface area contributed by atoms with Crippen LogP contribution in [0.5, 0.6) is 11.5 Å². The predicted octanol–water partition coefficient (Wildman–Crippen LogP) is 1.60. The van der Waals surface area contributed by atoms with E-state index in [1.807, 2.05) is 55.6 Å². The number of hydrogen-bond acceptors (Lipinski definition) is 7. The number of ether oxygens (including phenoxy) is 2. The van der Waals surface area contributed by atoms with Crippen LogP contribution in [0.15, 0.2) is 52.6 Å². The Morgan fingerprint density at radius 3 is 2.79 bits per heavy atom. The van der Waals surface area contributed by atoms with Crippen LogP contribution in [-0.2, 0) is 4.79 Å². The normalized spacial score (nSPS) is 17.8. The molecule has 2 aliphatic heterocycles. The summed E-state index contributed by atoms with van der Waals surface area (Å²) in [5, 5.41) is 11.2. The van der Waals surface area contributed by atoms with Gasteiger partial charge >= 0.3 is 0 Å². The summed E-state index contributed by atoms with van der Waals surface area (Å²) in [6, 6.07) is 13.2. The summed E-state index contributed by atoms with van der Waals surface area (Å²) in [5.74, 6) is 1.09. The van der Waals surface area contributed by atoms with Gasteiger partial charge in [-0.1, -0.05) is 36.0 Å². The minimum atomic E-state index is -0.483. The number of nitrogens with one attached hydrogen (secondary N) is 1. The summed E-state index contributed by atoms with van der Waals surface area (Å²) in [6.07, 6.45) is 1.39. The Hall–Kier alpha value is -3.00. The van der Waals surface area contributed by atoms with Crippen molar-refractivity contribution in [3.05, 3.63) is 58.6 Å². The highest BCUT2D eigenvalue weighted by atomic mass is 32.2. The Bertz CT molecular complexity index is 1080. The first-order chi connectivity index (χ1) is 13.7. The third-order valence-electron chi connectivity index (χ3n) is 4.49. The zero-order chi connectivity index (χ0) is 19.7. The SMILES string of the molecule is CCOc1cc([C@@H]2N=c3ccccc3=C3C(=O)NC(SC)=NN32)ccc1OC. The molecule has 0 aromatic heterocycles. The summed E-state index contributed by atoms with van der Waals surface area (Å²) < 4.78 is 11.1. The van der Waals surface area contributed by atoms with E-state index in [9.17, 15) is 4.79 Å². The van der Waals surface area contributed by atoms with Gasteiger partial charge in [0.2, 0.25) is 0 Å². The van der Waals surface area contributed by atoms with Crippen molar-refractivity contribution in [1.29, 1.82) is 0 Å². The molecule has 144 valence electrons. The number of carbonyl (C=O) groups excluding carboxylic acids is 1. The second kappa shape index (κ2) is 7.55. The Morgan fingerprint density at radius 1 is 1.21 bits per heavy atom. The zero-order valence-corrected chi connectivity index (χ0v) is 16.6. The highest BCUT2D eigenvalue weighted by Gasteiger charge is 2.34. The number of nitrogens with zero attached hydrogens (tertiary/aromatic N) is 3. The zero-order valence-electron chi connectivity index (χ0n) is 15.8. The number of fused-ring (bicyclic) bond motifs is 2. The van der Waals surface area contributed by atoms with Crippen LogP contribution in [0.4, 0.5) is 0 Å². The molecule has 0 aliphatic carbocycles. The summed E-state index contributed by atoms with van der Waals surface area (Å²) >= 11 is 1.38. The van der Waals surface area contributed by atoms with Gasteiger partial charge in [0.25, 0.3) is 5.91 Å². The predicted molar refractivity (Wildman–Crippen MR) is 108 cm³/mol. The van der Waals surface area contributed by atoms with E-state index in [1.165, 1.54) is 11.8 Å². The quantitative estimate of drug-likeness (QED) is 0.850. The monoisotopic (exact) mass is 396 g/mol. The highest BCUT2D eigenvalue weighted by molar-refractivity contribution is 8.13. The van der Waals surface area contributed by atoms with Crippen LogP contribution in [-0.4, -0.2) is 36.1 Å². The van der Waals surface area contributed by atoms with Gasteiger partial charge in [0.1, 0.15) is 5.70 Å². The van der Waals surface area contributed by atoms with Crippen molar-refractivity contribution in [2.24, 2.45) is 10.1 Å². The molecule has 8 heteroatoms. The molecule has 2 heterocycles. The number of carbonyl (C=O) groups is 1. The van der Waals surface area contributed by atoms with Crippen LogP contribution in [0.25, 0.3) is 5.70 Å². The fourth-order valence-corrected chi connectivity index (χ4v) is 3.62. The Morgan fingerprint density at radius 2 is 2.04 bits per heavy atom. The number of methoxy groups -OCH3 is 1. The van der Waals surface area contributed by atoms with E-state index in [1.54, 1.807) is 12.1 Å². The summed E-state index contributed by atoms with van der Waals surface area (Å²) in [7, 11) is 1.61. The molecule has 7 nitrogen and oxygen atoms in total. The van der Waals surface area contributed by atoms with E-state index in [4.69, 9.17) is 14.5 Å². The van der Waals surface area contributed by atoms with E-state index in [0.717, 1.165) is 16.1 Å². The van der Waals surface area contributed by atoms with E-state index in [-0.39, 0.29) is 5.91 Å². The topological polar surface area (TPSA) is 75.5 Å². The highest BCUT2D eigenvalue weighted by Crippen LogP contribution is 2.35. The van der Waals surface area contributed by atoms with Crippen LogP contribution in [0.1, 0.15) is 18.7 Å². The third-order valence-corrected chi connectivity index (χ3v) is 5.06. The molecule has 1 amide bonds. The number of amidine groups is 1. The molecular weight excluding hydrogens is 376 g/mol. The van der Waals surface area contributed by atoms with Gasteiger partial charge in [0, 0.05) is 10.8 Å². The van der Waals surface area contributed by atoms with Crippen LogP contribution >= 0.6 is 11.8 Å². The fraction of sp³-hybridized carbons (Fsp3) is 0.250. The smallest absolute Gasteiger partial charge is 0.276 e. The second-order valence-corrected chi connectivity index (χ2v) is 6.91. The second-order valence-electron chi connectivity index (χ2n) is 6.12. The molecule has 28 heavy (non-hydrogen) atoms. The van der Waals surface area contributed by atoms with Crippen molar-refractivity contribution >= 4 is 28.5 Å². The van der Waals surface area contributed by atoms with Crippen molar-refractivity contribution in [2.75, 3.05) is 20.0 Å². The van der Waals surface area contributed by atoms with Crippen molar-refractivity contribution in [3.8, 4) is 11.5 Å². The molecule has 1 N–H and O–H groups in total. The van der Waals surface area contributed by atoms with Crippen LogP contribution < -0.4 is 25.4 Å². The average molecular weight is 396 g/mol. The van der Waals surface area contributed by atoms with Gasteiger partial charge in [-0.25, -0.2) is 5.01 Å². The average Bonchev–Trinajstić information content (AvgIpc) is 2.73. The van der Waals surface area contributed by atoms with Crippen LogP contribution in [0.2, 0.25) is 0 Å². The van der Waals surface area contributed by atoms with Gasteiger partial charge in [-0.2, -0.15) is 0 Å². The first kappa shape index (κ1) is 18.4. The van der Waals surface area contributed by atoms with Gasteiger partial charge in [-0.3, -0.25) is 15.1 Å². The van der Waals surface area contributed by atoms with Gasteiger partial charge in [-0.05, 0) is 31.4 Å². The number of hydrogen-bond donors (Lipinski definition) is 1. The molecule has 2 aliphatic rings. The lowest BCUT2D eigenvalue weighted by Gasteiger charge is -2.34. The fourth-order valence-electron chi connectivity index (χ4n) is 3.26. The number of benzene rings is 2. The van der Waals surface area contributed by atoms with Gasteiger partial charge in [0.15, 0.2) is 22.8 Å². The standard InChI is InChI=1S/C20H20N4O3S/c1-4-27-16-11-12(9-10-15(16)26-2)18-21-14-8-6-5-7-13(14)17-19(25)22-20(28-3)23-24(17)18/h5-11,18H,4H2,1-3H3,(H,22,23,25)/t18-/m1/s1. The molecule has 2 aromatic rings. The third kappa shape index (κ3) is 3.09. The minimum absolute atomic E-state index is 0.190. The maximum Gasteiger partial charge on any atom is 0.276 e. The van der Waals surface area contributed by atoms with E-state index < -0.39 is 6.17 Å². The van der Waals surface area contributed by atoms with Crippen LogP contribution in [0.3, 0.4) is 0 Å². The maximum absolute atomic E-state index is 12.8. The number of para-hydroxylation sites is 1. The van der Waals surface area contributed by atoms with Crippen molar-refractivity contribution in [3.63, 3.8) is 0 Å². The summed E-state index contributed by atoms with van der Waals surface area (Å²) in [6.45, 7) is 2.44. The number of hydrazone groups is 1. The molecule has 0 spiro atoms. The maximum atomic E-state index is 12.8. The molecule has 4 rings (SSSR count). The molecule has 0 radical (unpaired) electrons. The molecule has 0 saturated heterocycles. The van der Waals surface area contributed by atoms with Crippen molar-refractivity contribution in [1.82, 2.24) is 10.3 Å². The first-order valence-corrected chi connectivity index (χ1v) is 10.1. The van der Waals surface area contributed by atoms with E-state index in [2.05, 4.69) is 10.4 Å². The Labute approximate surface area is 166 Å². The molecule has 0 saturated carbocycles. The number of amides is 1. The lowest BCUT2D eigenvalue weighted by atomic mass is 10.1. The lowest BCUT2D eigenvalue weighted by Crippen LogP contribution is -2.50. The van der Waals surface area contributed by atoms with E-state index >= 15 is 0 Å². The largest absolute Gasteiger partial charge is 0.493 e. The van der Waals surface area contributed by atoms with Crippen molar-refractivity contribution in [2.45, 2.75) is 13.1 Å². The summed E-state index contributed by atoms with van der Waals surface area (Å²) in [4.78, 5) is 17.7. The molecule has 2 aromatic carbocycles. The molecule has 0 fully saturated rings. The molecule has 0 bridgehead atoms. The van der Waals surface area contributed by atoms with Crippen LogP contribution in [0, 0.1) is 0 Å². The Kier molecular flexibility index (Phi) is 4.95. The first-order valence-electron chi connectivity index (χ1n) is 8.87. The molecule has 1 atom stereocenters. The van der Waals surface area contributed by atoms with Crippen molar-refractivity contribution < 1.29 is 14.3 Å². The molecular formula is C20H20N4O3S. The van der Waals surface area contributed by atoms with Gasteiger partial charge in [-0.15, -0.1) is 5.10 Å². The van der Waals surface area contributed by atoms with Gasteiger partial charge < -0.3 is 9.47 Å². The summed E-state index contributed by atoms with van der Waals surface area (Å²) in [5.41, 5.74) is 1.34. The minimum Gasteiger partial charge on any atom is -0.493 e. The van der Waals surface area contributed by atoms with E-state index in [0.29, 0.717) is 29.0 Å². The lowest BCUT2D eigenvalue weighted by molar-refractivity contribution is -0.116. The molecule has 0 unspecified atom stereocenters. The Balaban J connectivity index is 1.92. The van der Waals surface area contributed by atoms with Gasteiger partial charge in [0.05, 0.1) is 19.1 Å². The number of rotatable bonds is 4.